The van der Waals surface area contributed by atoms with Crippen molar-refractivity contribution in [2.24, 2.45) is 0 Å². The second-order valence-corrected chi connectivity index (χ2v) is 4.44. The van der Waals surface area contributed by atoms with Gasteiger partial charge >= 0.3 is 0 Å². The molecule has 0 spiro atoms. The van der Waals surface area contributed by atoms with Crippen LogP contribution in [0, 0.1) is 0 Å². The van der Waals surface area contributed by atoms with Crippen LogP contribution in [0.1, 0.15) is 51.1 Å². The molecule has 1 atom stereocenters. The van der Waals surface area contributed by atoms with E-state index in [4.69, 9.17) is 0 Å². The van der Waals surface area contributed by atoms with Gasteiger partial charge in [0.1, 0.15) is 0 Å². The lowest BCUT2D eigenvalue weighted by Gasteiger charge is -2.16. The Kier molecular flexibility index (Phi) is 5.88. The van der Waals surface area contributed by atoms with Gasteiger partial charge in [0.2, 0.25) is 0 Å². The van der Waals surface area contributed by atoms with E-state index >= 15 is 0 Å². The third-order valence-corrected chi connectivity index (χ3v) is 3.19. The molecule has 0 aliphatic carbocycles. The summed E-state index contributed by atoms with van der Waals surface area (Å²) in [5, 5.41) is 7.98. The highest BCUT2D eigenvalue weighted by molar-refractivity contribution is 7.07. The molecule has 0 bridgehead atoms. The summed E-state index contributed by atoms with van der Waals surface area (Å²) < 4.78 is 0. The fraction of sp³-hybridized carbons (Fsp3) is 0.667. The Morgan fingerprint density at radius 1 is 1.36 bits per heavy atom. The van der Waals surface area contributed by atoms with Crippen LogP contribution in [0.15, 0.2) is 16.8 Å². The molecule has 1 unspecified atom stereocenters. The van der Waals surface area contributed by atoms with Crippen molar-refractivity contribution >= 4 is 11.3 Å². The van der Waals surface area contributed by atoms with Crippen LogP contribution in [0.4, 0.5) is 0 Å². The Balaban J connectivity index is 2.39. The molecule has 0 aliphatic rings. The maximum atomic E-state index is 3.55. The molecule has 0 saturated heterocycles. The highest BCUT2D eigenvalue weighted by Gasteiger charge is 2.09. The molecule has 0 fully saturated rings. The molecular weight excluding hydrogens is 190 g/mol. The van der Waals surface area contributed by atoms with E-state index in [0.717, 1.165) is 6.54 Å². The highest BCUT2D eigenvalue weighted by atomic mass is 32.1. The zero-order chi connectivity index (χ0) is 10.2. The second kappa shape index (κ2) is 7.02. The smallest absolute Gasteiger partial charge is 0.0328 e. The van der Waals surface area contributed by atoms with Crippen molar-refractivity contribution in [2.75, 3.05) is 6.54 Å². The predicted octanol–water partition coefficient (Wildman–Crippen LogP) is 3.98. The van der Waals surface area contributed by atoms with Crippen LogP contribution in [0.25, 0.3) is 0 Å². The molecule has 1 rings (SSSR count). The van der Waals surface area contributed by atoms with E-state index in [-0.39, 0.29) is 0 Å². The molecule has 0 aromatic carbocycles. The fourth-order valence-corrected chi connectivity index (χ4v) is 2.42. The average molecular weight is 211 g/mol. The summed E-state index contributed by atoms with van der Waals surface area (Å²) in [6.45, 7) is 5.50. The Morgan fingerprint density at radius 3 is 2.79 bits per heavy atom. The Labute approximate surface area is 91.5 Å². The van der Waals surface area contributed by atoms with Crippen molar-refractivity contribution in [1.82, 2.24) is 5.32 Å². The summed E-state index contributed by atoms with van der Waals surface area (Å²) in [6.07, 6.45) is 5.27. The first kappa shape index (κ1) is 11.7. The number of hydrogen-bond donors (Lipinski definition) is 1. The maximum absolute atomic E-state index is 3.55. The molecule has 1 aromatic rings. The van der Waals surface area contributed by atoms with Crippen molar-refractivity contribution < 1.29 is 0 Å². The van der Waals surface area contributed by atoms with Gasteiger partial charge in [-0.05, 0) is 35.4 Å². The van der Waals surface area contributed by atoms with Gasteiger partial charge in [0.05, 0.1) is 0 Å². The summed E-state index contributed by atoms with van der Waals surface area (Å²) in [6, 6.07) is 2.82. The van der Waals surface area contributed by atoms with E-state index in [9.17, 15) is 0 Å². The average Bonchev–Trinajstić information content (AvgIpc) is 2.70. The van der Waals surface area contributed by atoms with Gasteiger partial charge in [-0.2, -0.15) is 11.3 Å². The summed E-state index contributed by atoms with van der Waals surface area (Å²) >= 11 is 1.79. The number of thiophene rings is 1. The van der Waals surface area contributed by atoms with E-state index in [2.05, 4.69) is 36.0 Å². The minimum absolute atomic E-state index is 0.581. The van der Waals surface area contributed by atoms with E-state index in [1.807, 2.05) is 0 Å². The van der Waals surface area contributed by atoms with E-state index in [1.165, 1.54) is 31.2 Å². The largest absolute Gasteiger partial charge is 0.310 e. The normalized spacial score (nSPS) is 13.0. The van der Waals surface area contributed by atoms with E-state index in [1.54, 1.807) is 11.3 Å². The first-order valence-electron chi connectivity index (χ1n) is 5.64. The van der Waals surface area contributed by atoms with Crippen LogP contribution in [0.3, 0.4) is 0 Å². The lowest BCUT2D eigenvalue weighted by atomic mass is 10.0. The zero-order valence-electron chi connectivity index (χ0n) is 9.25. The number of hydrogen-bond acceptors (Lipinski definition) is 2. The monoisotopic (exact) mass is 211 g/mol. The number of unbranched alkanes of at least 4 members (excludes halogenated alkanes) is 2. The van der Waals surface area contributed by atoms with Gasteiger partial charge in [-0.3, -0.25) is 0 Å². The van der Waals surface area contributed by atoms with Crippen molar-refractivity contribution in [3.8, 4) is 0 Å². The summed E-state index contributed by atoms with van der Waals surface area (Å²) in [5.74, 6) is 0. The fourth-order valence-electron chi connectivity index (χ4n) is 1.70. The lowest BCUT2D eigenvalue weighted by molar-refractivity contribution is 0.487. The van der Waals surface area contributed by atoms with Crippen molar-refractivity contribution in [3.05, 3.63) is 22.4 Å². The van der Waals surface area contributed by atoms with Gasteiger partial charge in [0.15, 0.2) is 0 Å². The minimum Gasteiger partial charge on any atom is -0.310 e. The molecule has 1 N–H and O–H groups in total. The second-order valence-electron chi connectivity index (χ2n) is 3.66. The van der Waals surface area contributed by atoms with Gasteiger partial charge < -0.3 is 5.32 Å². The lowest BCUT2D eigenvalue weighted by Crippen LogP contribution is -2.20. The molecule has 0 amide bonds. The van der Waals surface area contributed by atoms with Crippen molar-refractivity contribution in [1.29, 1.82) is 0 Å². The van der Waals surface area contributed by atoms with Crippen molar-refractivity contribution in [2.45, 2.75) is 45.6 Å². The summed E-state index contributed by atoms with van der Waals surface area (Å²) in [4.78, 5) is 0. The molecule has 80 valence electrons. The molecule has 0 saturated carbocycles. The molecule has 1 aromatic heterocycles. The molecule has 14 heavy (non-hydrogen) atoms. The molecule has 1 nitrogen and oxygen atoms in total. The SMILES string of the molecule is CCCCCC(NCC)c1ccsc1. The van der Waals surface area contributed by atoms with Gasteiger partial charge in [0.25, 0.3) is 0 Å². The summed E-state index contributed by atoms with van der Waals surface area (Å²) in [7, 11) is 0. The van der Waals surface area contributed by atoms with Crippen LogP contribution >= 0.6 is 11.3 Å². The maximum Gasteiger partial charge on any atom is 0.0328 e. The number of rotatable bonds is 7. The van der Waals surface area contributed by atoms with E-state index < -0.39 is 0 Å². The third-order valence-electron chi connectivity index (χ3n) is 2.49. The minimum atomic E-state index is 0.581. The number of nitrogens with one attached hydrogen (secondary N) is 1. The van der Waals surface area contributed by atoms with Gasteiger partial charge in [-0.25, -0.2) is 0 Å². The molecule has 0 aliphatic heterocycles. The summed E-state index contributed by atoms with van der Waals surface area (Å²) in [5.41, 5.74) is 1.47. The van der Waals surface area contributed by atoms with Crippen LogP contribution in [-0.4, -0.2) is 6.54 Å². The van der Waals surface area contributed by atoms with Crippen LogP contribution in [-0.2, 0) is 0 Å². The Morgan fingerprint density at radius 2 is 2.21 bits per heavy atom. The Bertz CT molecular complexity index is 218. The molecule has 2 heteroatoms. The first-order chi connectivity index (χ1) is 6.88. The third kappa shape index (κ3) is 3.81. The molecule has 0 radical (unpaired) electrons. The van der Waals surface area contributed by atoms with Gasteiger partial charge in [-0.1, -0.05) is 33.1 Å². The van der Waals surface area contributed by atoms with Gasteiger partial charge in [0, 0.05) is 6.04 Å². The topological polar surface area (TPSA) is 12.0 Å². The first-order valence-corrected chi connectivity index (χ1v) is 6.58. The van der Waals surface area contributed by atoms with Gasteiger partial charge in [-0.15, -0.1) is 0 Å². The highest BCUT2D eigenvalue weighted by Crippen LogP contribution is 2.21. The van der Waals surface area contributed by atoms with E-state index in [0.29, 0.717) is 6.04 Å². The zero-order valence-corrected chi connectivity index (χ0v) is 10.1. The standard InChI is InChI=1S/C12H21NS/c1-3-5-6-7-12(13-4-2)11-8-9-14-10-11/h8-10,12-13H,3-7H2,1-2H3. The molecule has 1 heterocycles. The predicted molar refractivity (Wildman–Crippen MR) is 64.9 cm³/mol. The Hall–Kier alpha value is -0.340. The van der Waals surface area contributed by atoms with Crippen LogP contribution in [0.2, 0.25) is 0 Å². The molecular formula is C12H21NS. The van der Waals surface area contributed by atoms with Crippen LogP contribution < -0.4 is 5.32 Å². The quantitative estimate of drug-likeness (QED) is 0.673. The van der Waals surface area contributed by atoms with Crippen molar-refractivity contribution in [3.63, 3.8) is 0 Å². The van der Waals surface area contributed by atoms with Crippen LogP contribution in [0.5, 0.6) is 0 Å².